The fraction of sp³-hybridized carbons (Fsp3) is 0.475. The first-order valence-electron chi connectivity index (χ1n) is 20.0. The van der Waals surface area contributed by atoms with Gasteiger partial charge in [0.2, 0.25) is 35.4 Å². The molecule has 12 N–H and O–H groups in total. The summed E-state index contributed by atoms with van der Waals surface area (Å²) in [7, 11) is 0. The maximum atomic E-state index is 13.2. The molecule has 0 saturated heterocycles. The maximum Gasteiger partial charge on any atom is 0.426 e. The van der Waals surface area contributed by atoms with E-state index < -0.39 is 29.4 Å². The number of phenolic OH excluding ortho intramolecular Hbond substituents is 2. The van der Waals surface area contributed by atoms with Gasteiger partial charge in [-0.25, -0.2) is 21.2 Å². The molecule has 0 aromatic heterocycles. The number of carbonyl (C=O) groups excluding carboxylic acids is 9. The summed E-state index contributed by atoms with van der Waals surface area (Å²) in [6.07, 6.45) is -0.520. The number of nitrogens with zero attached hydrogens (tertiary/aromatic N) is 1. The molecular weight excluding hydrogens is 830 g/mol. The van der Waals surface area contributed by atoms with Crippen molar-refractivity contribution in [2.24, 2.45) is 0 Å². The molecule has 0 unspecified atom stereocenters. The van der Waals surface area contributed by atoms with Crippen LogP contribution in [0.25, 0.3) is 0 Å². The lowest BCUT2D eigenvalue weighted by Crippen LogP contribution is -2.44. The molecule has 0 atom stereocenters. The molecule has 0 aliphatic rings. The standard InChI is InChI=1S/C40H57N9O14/c1-40(2,3)63-39(60)46-45-35(56)11-6-12-36(57)49(19-17-41-31(52)7-4-9-33(54)43-23-25-13-15-27(29(50)21-25)37(58)47-61)20-18-42-32(53)8-5-10-34(55)44-24-26-14-16-28(30(51)22-26)38(59)48-62/h13-16,21-22,50-51,61-62H,4-12,17-20,23-24H2,1-3H3,(H,41,52)(H,42,53)(H,43,54)(H,44,55)(H,45,56)(H,46,60)(H,47,58)(H,48,59). The lowest BCUT2D eigenvalue weighted by molar-refractivity contribution is -0.132. The fourth-order valence-corrected chi connectivity index (χ4v) is 5.52. The summed E-state index contributed by atoms with van der Waals surface area (Å²) in [5.74, 6) is -5.00. The first-order chi connectivity index (χ1) is 29.8. The lowest BCUT2D eigenvalue weighted by atomic mass is 10.1. The number of phenols is 2. The number of carbonyl (C=O) groups is 9. The van der Waals surface area contributed by atoms with Crippen LogP contribution in [0.1, 0.15) is 110 Å². The normalized spacial score (nSPS) is 10.7. The van der Waals surface area contributed by atoms with Gasteiger partial charge >= 0.3 is 6.09 Å². The number of hydrogen-bond donors (Lipinski definition) is 12. The Bertz CT molecular complexity index is 1830. The lowest BCUT2D eigenvalue weighted by Gasteiger charge is -2.23. The number of hydrogen-bond acceptors (Lipinski definition) is 14. The third-order valence-corrected chi connectivity index (χ3v) is 8.67. The van der Waals surface area contributed by atoms with Crippen LogP contribution in [-0.4, -0.2) is 111 Å². The zero-order valence-electron chi connectivity index (χ0n) is 35.4. The van der Waals surface area contributed by atoms with Gasteiger partial charge in [-0.3, -0.25) is 54.2 Å². The molecule has 9 amide bonds. The van der Waals surface area contributed by atoms with Crippen LogP contribution in [0, 0.1) is 0 Å². The number of hydrazine groups is 1. The molecule has 23 heteroatoms. The highest BCUT2D eigenvalue weighted by molar-refractivity contribution is 5.96. The SMILES string of the molecule is CC(C)(C)OC(=O)NNC(=O)CCCC(=O)N(CCNC(=O)CCCC(=O)NCc1ccc(C(=O)NO)c(O)c1)CCNC(=O)CCCC(=O)NCc1ccc(C(=O)NO)c(O)c1. The Morgan fingerprint density at radius 3 is 1.35 bits per heavy atom. The predicted molar refractivity (Wildman–Crippen MR) is 220 cm³/mol. The van der Waals surface area contributed by atoms with Crippen LogP contribution in [0.5, 0.6) is 11.5 Å². The van der Waals surface area contributed by atoms with E-state index in [1.165, 1.54) is 52.3 Å². The van der Waals surface area contributed by atoms with Crippen molar-refractivity contribution in [2.45, 2.75) is 97.2 Å². The van der Waals surface area contributed by atoms with E-state index in [4.69, 9.17) is 15.2 Å². The highest BCUT2D eigenvalue weighted by Crippen LogP contribution is 2.20. The molecule has 0 spiro atoms. The first-order valence-corrected chi connectivity index (χ1v) is 20.0. The molecule has 2 rings (SSSR count). The number of benzene rings is 2. The van der Waals surface area contributed by atoms with Gasteiger partial charge in [-0.1, -0.05) is 12.1 Å². The average Bonchev–Trinajstić information content (AvgIpc) is 3.22. The third-order valence-electron chi connectivity index (χ3n) is 8.67. The summed E-state index contributed by atoms with van der Waals surface area (Å²) in [5.41, 5.74) is 7.07. The van der Waals surface area contributed by atoms with Crippen molar-refractivity contribution in [3.05, 3.63) is 58.7 Å². The van der Waals surface area contributed by atoms with Crippen LogP contribution in [-0.2, 0) is 46.6 Å². The van der Waals surface area contributed by atoms with Crippen LogP contribution in [0.15, 0.2) is 36.4 Å². The van der Waals surface area contributed by atoms with Crippen molar-refractivity contribution < 1.29 is 68.5 Å². The number of amides is 9. The minimum atomic E-state index is -0.895. The Morgan fingerprint density at radius 2 is 0.952 bits per heavy atom. The zero-order valence-corrected chi connectivity index (χ0v) is 35.4. The molecule has 63 heavy (non-hydrogen) atoms. The third kappa shape index (κ3) is 21.4. The van der Waals surface area contributed by atoms with Crippen LogP contribution < -0.4 is 43.1 Å². The van der Waals surface area contributed by atoms with Crippen LogP contribution >= 0.6 is 0 Å². The highest BCUT2D eigenvalue weighted by Gasteiger charge is 2.19. The summed E-state index contributed by atoms with van der Waals surface area (Å²) in [5, 5.41) is 48.1. The first kappa shape index (κ1) is 52.1. The molecule has 23 nitrogen and oxygen atoms in total. The van der Waals surface area contributed by atoms with Gasteiger partial charge in [0, 0.05) is 77.8 Å². The Kier molecular flexibility index (Phi) is 22.4. The van der Waals surface area contributed by atoms with E-state index in [-0.39, 0.29) is 149 Å². The minimum Gasteiger partial charge on any atom is -0.507 e. The van der Waals surface area contributed by atoms with Gasteiger partial charge in [0.05, 0.1) is 11.1 Å². The van der Waals surface area contributed by atoms with E-state index >= 15 is 0 Å². The Hall–Kier alpha value is -7.01. The number of hydroxylamine groups is 2. The second-order valence-corrected chi connectivity index (χ2v) is 15.0. The van der Waals surface area contributed by atoms with E-state index in [1.807, 2.05) is 0 Å². The van der Waals surface area contributed by atoms with Crippen molar-refractivity contribution >= 4 is 53.4 Å². The second-order valence-electron chi connectivity index (χ2n) is 15.0. The Balaban J connectivity index is 1.81. The number of aromatic hydroxyl groups is 2. The quantitative estimate of drug-likeness (QED) is 0.0502. The smallest absolute Gasteiger partial charge is 0.426 e. The summed E-state index contributed by atoms with van der Waals surface area (Å²) < 4.78 is 5.05. The zero-order chi connectivity index (χ0) is 47.0. The van der Waals surface area contributed by atoms with Crippen molar-refractivity contribution in [1.82, 2.24) is 48.0 Å². The molecule has 0 saturated carbocycles. The summed E-state index contributed by atoms with van der Waals surface area (Å²) >= 11 is 0. The Labute approximate surface area is 362 Å². The average molecular weight is 888 g/mol. The van der Waals surface area contributed by atoms with Crippen LogP contribution in [0.2, 0.25) is 0 Å². The van der Waals surface area contributed by atoms with Crippen LogP contribution in [0.3, 0.4) is 0 Å². The van der Waals surface area contributed by atoms with Gasteiger partial charge in [0.15, 0.2) is 0 Å². The highest BCUT2D eigenvalue weighted by atomic mass is 16.6. The van der Waals surface area contributed by atoms with E-state index in [0.717, 1.165) is 0 Å². The van der Waals surface area contributed by atoms with Gasteiger partial charge in [-0.05, 0) is 75.4 Å². The fourth-order valence-electron chi connectivity index (χ4n) is 5.52. The molecule has 346 valence electrons. The number of rotatable bonds is 24. The van der Waals surface area contributed by atoms with Gasteiger partial charge in [-0.2, -0.15) is 0 Å². The van der Waals surface area contributed by atoms with Gasteiger partial charge in [0.1, 0.15) is 17.1 Å². The maximum absolute atomic E-state index is 13.2. The van der Waals surface area contributed by atoms with Crippen molar-refractivity contribution in [2.75, 3.05) is 26.2 Å². The van der Waals surface area contributed by atoms with Gasteiger partial charge < -0.3 is 41.1 Å². The van der Waals surface area contributed by atoms with Gasteiger partial charge in [0.25, 0.3) is 11.8 Å². The van der Waals surface area contributed by atoms with E-state index in [2.05, 4.69) is 32.1 Å². The van der Waals surface area contributed by atoms with Crippen molar-refractivity contribution in [3.63, 3.8) is 0 Å². The number of ether oxygens (including phenoxy) is 1. The minimum absolute atomic E-state index is 0.00413. The summed E-state index contributed by atoms with van der Waals surface area (Å²) in [6, 6.07) is 8.06. The van der Waals surface area contributed by atoms with Crippen molar-refractivity contribution in [1.29, 1.82) is 0 Å². The molecule has 0 fully saturated rings. The molecular formula is C40H57N9O14. The molecule has 0 aliphatic heterocycles. The van der Waals surface area contributed by atoms with E-state index in [1.54, 1.807) is 20.8 Å². The number of nitrogens with one attached hydrogen (secondary N) is 8. The molecule has 0 radical (unpaired) electrons. The second kappa shape index (κ2) is 27.0. The molecule has 2 aromatic rings. The van der Waals surface area contributed by atoms with Gasteiger partial charge in [-0.15, -0.1) is 0 Å². The molecule has 0 heterocycles. The molecule has 0 bridgehead atoms. The summed E-state index contributed by atoms with van der Waals surface area (Å²) in [4.78, 5) is 111. The summed E-state index contributed by atoms with van der Waals surface area (Å²) in [6.45, 7) is 5.22. The largest absolute Gasteiger partial charge is 0.507 e. The van der Waals surface area contributed by atoms with E-state index in [9.17, 15) is 53.4 Å². The van der Waals surface area contributed by atoms with Crippen molar-refractivity contribution in [3.8, 4) is 11.5 Å². The molecule has 0 aliphatic carbocycles. The monoisotopic (exact) mass is 887 g/mol. The topological polar surface area (TPSA) is 343 Å². The molecule has 2 aromatic carbocycles. The Morgan fingerprint density at radius 1 is 0.556 bits per heavy atom. The van der Waals surface area contributed by atoms with Crippen LogP contribution in [0.4, 0.5) is 4.79 Å². The van der Waals surface area contributed by atoms with E-state index in [0.29, 0.717) is 11.1 Å². The predicted octanol–water partition coefficient (Wildman–Crippen LogP) is 0.396.